The van der Waals surface area contributed by atoms with E-state index in [4.69, 9.17) is 39.7 Å². The zero-order valence-corrected chi connectivity index (χ0v) is 15.7. The maximum atomic E-state index is 9.60. The Labute approximate surface area is 158 Å². The lowest BCUT2D eigenvalue weighted by Gasteiger charge is -1.96. The smallest absolute Gasteiger partial charge is 0.330 e. The number of aliphatic carboxylic acids is 2. The quantitative estimate of drug-likeness (QED) is 0.265. The van der Waals surface area contributed by atoms with Gasteiger partial charge in [-0.05, 0) is 13.8 Å². The van der Waals surface area contributed by atoms with Crippen LogP contribution in [0.3, 0.4) is 0 Å². The fourth-order valence-corrected chi connectivity index (χ4v) is 0.717. The fourth-order valence-electron chi connectivity index (χ4n) is 0.717. The lowest BCUT2D eigenvalue weighted by atomic mass is 10.4. The molecule has 2 aliphatic rings. The third kappa shape index (κ3) is 24.2. The zero-order valence-electron chi connectivity index (χ0n) is 15.7. The molecular formula is C17H30O10. The van der Waals surface area contributed by atoms with Crippen molar-refractivity contribution in [1.29, 1.82) is 0 Å². The Bertz CT molecular complexity index is 391. The molecule has 0 amide bonds. The van der Waals surface area contributed by atoms with Crippen LogP contribution in [-0.4, -0.2) is 95.4 Å². The molecule has 2 heterocycles. The molecule has 0 aromatic rings. The van der Waals surface area contributed by atoms with Gasteiger partial charge in [-0.2, -0.15) is 0 Å². The monoisotopic (exact) mass is 394 g/mol. The summed E-state index contributed by atoms with van der Waals surface area (Å²) in [5.41, 5.74) is 0.352. The summed E-state index contributed by atoms with van der Waals surface area (Å²) < 4.78 is 15.1. The molecular weight excluding hydrogens is 364 g/mol. The number of rotatable bonds is 8. The van der Waals surface area contributed by atoms with Gasteiger partial charge in [0.1, 0.15) is 18.3 Å². The molecule has 0 spiro atoms. The number of epoxide rings is 2. The molecule has 0 aromatic carbocycles. The van der Waals surface area contributed by atoms with Gasteiger partial charge in [-0.25, -0.2) is 9.59 Å². The normalized spacial score (nSPS) is 18.4. The Balaban J connectivity index is 0. The highest BCUT2D eigenvalue weighted by molar-refractivity contribution is 5.85. The van der Waals surface area contributed by atoms with Crippen molar-refractivity contribution in [3.63, 3.8) is 0 Å². The number of hydrogen-bond donors (Lipinski definition) is 5. The molecule has 0 saturated carbocycles. The van der Waals surface area contributed by atoms with Gasteiger partial charge in [0.2, 0.25) is 0 Å². The molecule has 2 rings (SSSR count). The first-order chi connectivity index (χ1) is 12.5. The van der Waals surface area contributed by atoms with Crippen molar-refractivity contribution < 1.29 is 49.3 Å². The van der Waals surface area contributed by atoms with Crippen LogP contribution in [0.4, 0.5) is 0 Å². The van der Waals surface area contributed by atoms with E-state index in [1.54, 1.807) is 0 Å². The largest absolute Gasteiger partial charge is 0.478 e. The average molecular weight is 394 g/mol. The van der Waals surface area contributed by atoms with Crippen LogP contribution in [0.25, 0.3) is 0 Å². The number of aliphatic hydroxyl groups is 3. The Morgan fingerprint density at radius 2 is 1.22 bits per heavy atom. The van der Waals surface area contributed by atoms with Crippen molar-refractivity contribution in [1.82, 2.24) is 0 Å². The van der Waals surface area contributed by atoms with Crippen LogP contribution in [0, 0.1) is 0 Å². The standard InChI is InChI=1S/C6H10O3.2C4H6O2.C3H8O3/c1(5-3-8-5)7-2-6-4-9-6;2*1-3(2)4(5)6;4-1-3(6)2-5/h5-6H,1-4H2;2*1H2,2H3,(H,5,6);3-6H,1-2H2. The van der Waals surface area contributed by atoms with Gasteiger partial charge in [0, 0.05) is 11.1 Å². The molecule has 2 aliphatic heterocycles. The highest BCUT2D eigenvalue weighted by Gasteiger charge is 2.26. The first kappa shape index (κ1) is 27.4. The van der Waals surface area contributed by atoms with E-state index in [2.05, 4.69) is 13.2 Å². The third-order valence-corrected chi connectivity index (χ3v) is 2.56. The minimum atomic E-state index is -0.954. The molecule has 0 bridgehead atoms. The predicted octanol–water partition coefficient (Wildman–Crippen LogP) is -0.573. The summed E-state index contributed by atoms with van der Waals surface area (Å²) in [6, 6.07) is 0. The predicted molar refractivity (Wildman–Crippen MR) is 95.4 cm³/mol. The molecule has 2 saturated heterocycles. The Morgan fingerprint density at radius 3 is 1.33 bits per heavy atom. The van der Waals surface area contributed by atoms with Crippen molar-refractivity contribution in [2.45, 2.75) is 32.2 Å². The summed E-state index contributed by atoms with van der Waals surface area (Å²) in [7, 11) is 0. The van der Waals surface area contributed by atoms with Crippen molar-refractivity contribution >= 4 is 11.9 Å². The van der Waals surface area contributed by atoms with Crippen molar-refractivity contribution in [3.05, 3.63) is 24.3 Å². The van der Waals surface area contributed by atoms with E-state index in [1.165, 1.54) is 13.8 Å². The van der Waals surface area contributed by atoms with Gasteiger partial charge in [-0.3, -0.25) is 0 Å². The van der Waals surface area contributed by atoms with Gasteiger partial charge in [-0.15, -0.1) is 0 Å². The fraction of sp³-hybridized carbons (Fsp3) is 0.647. The molecule has 2 fully saturated rings. The zero-order chi connectivity index (χ0) is 21.4. The van der Waals surface area contributed by atoms with Crippen LogP contribution in [0.5, 0.6) is 0 Å². The summed E-state index contributed by atoms with van der Waals surface area (Å²) in [4.78, 5) is 19.2. The van der Waals surface area contributed by atoms with Gasteiger partial charge in [0.05, 0.1) is 39.6 Å². The van der Waals surface area contributed by atoms with E-state index >= 15 is 0 Å². The maximum Gasteiger partial charge on any atom is 0.330 e. The molecule has 10 nitrogen and oxygen atoms in total. The molecule has 10 heteroatoms. The minimum Gasteiger partial charge on any atom is -0.478 e. The molecule has 158 valence electrons. The van der Waals surface area contributed by atoms with E-state index in [0.29, 0.717) is 12.2 Å². The molecule has 2 atom stereocenters. The topological polar surface area (TPSA) is 170 Å². The minimum absolute atomic E-state index is 0.176. The van der Waals surface area contributed by atoms with Gasteiger partial charge in [0.25, 0.3) is 0 Å². The van der Waals surface area contributed by atoms with Crippen LogP contribution in [0.15, 0.2) is 24.3 Å². The van der Waals surface area contributed by atoms with Crippen LogP contribution < -0.4 is 0 Å². The van der Waals surface area contributed by atoms with Crippen LogP contribution >= 0.6 is 0 Å². The number of carboxylic acids is 2. The van der Waals surface area contributed by atoms with Gasteiger partial charge in [0.15, 0.2) is 0 Å². The van der Waals surface area contributed by atoms with E-state index in [9.17, 15) is 9.59 Å². The number of aliphatic hydroxyl groups excluding tert-OH is 3. The second kappa shape index (κ2) is 16.4. The second-order valence-electron chi connectivity index (χ2n) is 5.64. The summed E-state index contributed by atoms with van der Waals surface area (Å²) >= 11 is 0. The molecule has 0 radical (unpaired) electrons. The summed E-state index contributed by atoms with van der Waals surface area (Å²) in [5.74, 6) is -1.87. The lowest BCUT2D eigenvalue weighted by Crippen LogP contribution is -2.15. The number of ether oxygens (including phenoxy) is 3. The van der Waals surface area contributed by atoms with E-state index in [0.717, 1.165) is 26.4 Å². The first-order valence-corrected chi connectivity index (χ1v) is 8.03. The summed E-state index contributed by atoms with van der Waals surface area (Å²) in [6.07, 6.45) is -0.169. The van der Waals surface area contributed by atoms with E-state index < -0.39 is 18.0 Å². The highest BCUT2D eigenvalue weighted by Crippen LogP contribution is 2.12. The van der Waals surface area contributed by atoms with Crippen LogP contribution in [0.1, 0.15) is 13.8 Å². The molecule has 27 heavy (non-hydrogen) atoms. The Morgan fingerprint density at radius 1 is 0.963 bits per heavy atom. The van der Waals surface area contributed by atoms with Gasteiger partial charge >= 0.3 is 11.9 Å². The average Bonchev–Trinajstić information content (AvgIpc) is 3.51. The lowest BCUT2D eigenvalue weighted by molar-refractivity contribution is -0.133. The number of carbonyl (C=O) groups is 2. The van der Waals surface area contributed by atoms with Gasteiger partial charge < -0.3 is 39.7 Å². The molecule has 5 N–H and O–H groups in total. The SMILES string of the molecule is C(OCC1CO1)C1CO1.C=C(C)C(=O)O.C=C(C)C(=O)O.OCC(O)CO. The van der Waals surface area contributed by atoms with Gasteiger partial charge in [-0.1, -0.05) is 13.2 Å². The molecule has 0 aromatic heterocycles. The summed E-state index contributed by atoms with van der Waals surface area (Å²) in [5, 5.41) is 39.8. The molecule has 2 unspecified atom stereocenters. The van der Waals surface area contributed by atoms with Crippen LogP contribution in [0.2, 0.25) is 0 Å². The number of carboxylic acid groups (broad SMARTS) is 2. The van der Waals surface area contributed by atoms with Crippen molar-refractivity contribution in [2.24, 2.45) is 0 Å². The Hall–Kier alpha value is -1.82. The Kier molecular flexibility index (Phi) is 16.6. The summed E-state index contributed by atoms with van der Waals surface area (Å²) in [6.45, 7) is 11.7. The first-order valence-electron chi connectivity index (χ1n) is 8.03. The maximum absolute atomic E-state index is 9.60. The number of hydrogen-bond acceptors (Lipinski definition) is 8. The highest BCUT2D eigenvalue weighted by atomic mass is 16.6. The third-order valence-electron chi connectivity index (χ3n) is 2.56. The molecule has 0 aliphatic carbocycles. The van der Waals surface area contributed by atoms with E-state index in [1.807, 2.05) is 0 Å². The van der Waals surface area contributed by atoms with Crippen molar-refractivity contribution in [2.75, 3.05) is 39.6 Å². The second-order valence-corrected chi connectivity index (χ2v) is 5.64. The van der Waals surface area contributed by atoms with E-state index in [-0.39, 0.29) is 24.4 Å². The van der Waals surface area contributed by atoms with Crippen molar-refractivity contribution in [3.8, 4) is 0 Å². The van der Waals surface area contributed by atoms with Crippen LogP contribution in [-0.2, 0) is 23.8 Å².